The average Bonchev–Trinajstić information content (AvgIpc) is 2.45. The van der Waals surface area contributed by atoms with Crippen LogP contribution in [0.5, 0.6) is 5.75 Å². The largest absolute Gasteiger partial charge is 0.489 e. The number of aryl methyl sites for hydroxylation is 1. The average molecular weight is 337 g/mol. The number of benzene rings is 2. The molecule has 0 unspecified atom stereocenters. The molecular weight excluding hydrogens is 319 g/mol. The van der Waals surface area contributed by atoms with Gasteiger partial charge in [-0.3, -0.25) is 5.43 Å². The molecule has 116 valence electrons. The van der Waals surface area contributed by atoms with Gasteiger partial charge in [-0.1, -0.05) is 29.3 Å². The molecule has 0 saturated carbocycles. The third-order valence-electron chi connectivity index (χ3n) is 2.90. The minimum Gasteiger partial charge on any atom is -0.489 e. The van der Waals surface area contributed by atoms with Crippen LogP contribution < -0.4 is 10.2 Å². The lowest BCUT2D eigenvalue weighted by Crippen LogP contribution is -2.05. The molecular formula is C17H18Cl2N2O. The molecule has 0 amide bonds. The third-order valence-corrected chi connectivity index (χ3v) is 3.60. The highest BCUT2D eigenvalue weighted by Gasteiger charge is 2.04. The van der Waals surface area contributed by atoms with E-state index in [4.69, 9.17) is 27.9 Å². The highest BCUT2D eigenvalue weighted by atomic mass is 35.5. The Kier molecular flexibility index (Phi) is 5.69. The van der Waals surface area contributed by atoms with Crippen molar-refractivity contribution in [3.8, 4) is 5.75 Å². The lowest BCUT2D eigenvalue weighted by molar-refractivity contribution is 0.242. The second kappa shape index (κ2) is 7.52. The number of nitrogens with zero attached hydrogens (tertiary/aromatic N) is 1. The predicted molar refractivity (Wildman–Crippen MR) is 94.6 cm³/mol. The summed E-state index contributed by atoms with van der Waals surface area (Å²) in [5, 5.41) is 5.45. The smallest absolute Gasteiger partial charge is 0.138 e. The van der Waals surface area contributed by atoms with E-state index in [9.17, 15) is 0 Å². The number of halogens is 2. The highest BCUT2D eigenvalue weighted by molar-refractivity contribution is 6.32. The number of hydrogen-bond donors (Lipinski definition) is 1. The lowest BCUT2D eigenvalue weighted by Gasteiger charge is -2.11. The van der Waals surface area contributed by atoms with E-state index < -0.39 is 0 Å². The van der Waals surface area contributed by atoms with E-state index in [0.717, 1.165) is 16.8 Å². The standard InChI is InChI=1S/C17H18Cl2N2O/c1-11(2)22-17-7-5-13(8-16(17)19)10-20-21-14-6-4-12(3)15(18)9-14/h4-11,21H,1-3H3/b20-10+. The molecule has 0 radical (unpaired) electrons. The van der Waals surface area contributed by atoms with Crippen LogP contribution in [0.3, 0.4) is 0 Å². The number of rotatable bonds is 5. The highest BCUT2D eigenvalue weighted by Crippen LogP contribution is 2.26. The molecule has 2 aromatic rings. The summed E-state index contributed by atoms with van der Waals surface area (Å²) in [5.41, 5.74) is 5.68. The second-order valence-corrected chi connectivity index (χ2v) is 6.00. The molecule has 0 bridgehead atoms. The van der Waals surface area contributed by atoms with Gasteiger partial charge >= 0.3 is 0 Å². The molecule has 1 N–H and O–H groups in total. The van der Waals surface area contributed by atoms with Gasteiger partial charge < -0.3 is 4.74 Å². The fraction of sp³-hybridized carbons (Fsp3) is 0.235. The summed E-state index contributed by atoms with van der Waals surface area (Å²) in [6.45, 7) is 5.88. The first kappa shape index (κ1) is 16.7. The van der Waals surface area contributed by atoms with Crippen molar-refractivity contribution in [3.63, 3.8) is 0 Å². The van der Waals surface area contributed by atoms with Crippen LogP contribution in [0.4, 0.5) is 5.69 Å². The predicted octanol–water partition coefficient (Wildman–Crippen LogP) is 5.54. The molecule has 22 heavy (non-hydrogen) atoms. The molecule has 3 nitrogen and oxygen atoms in total. The van der Waals surface area contributed by atoms with Gasteiger partial charge in [0.15, 0.2) is 0 Å². The van der Waals surface area contributed by atoms with Gasteiger partial charge in [-0.25, -0.2) is 0 Å². The number of ether oxygens (including phenoxy) is 1. The first-order valence-corrected chi connectivity index (χ1v) is 7.72. The van der Waals surface area contributed by atoms with Gasteiger partial charge in [-0.15, -0.1) is 0 Å². The van der Waals surface area contributed by atoms with Gasteiger partial charge in [0.05, 0.1) is 23.0 Å². The molecule has 0 aromatic heterocycles. The molecule has 5 heteroatoms. The summed E-state index contributed by atoms with van der Waals surface area (Å²) in [5.74, 6) is 0.673. The van der Waals surface area contributed by atoms with Gasteiger partial charge in [0.1, 0.15) is 5.75 Å². The van der Waals surface area contributed by atoms with Crippen molar-refractivity contribution in [3.05, 3.63) is 57.6 Å². The molecule has 2 aromatic carbocycles. The number of hydrazone groups is 1. The van der Waals surface area contributed by atoms with Crippen LogP contribution in [-0.2, 0) is 0 Å². The zero-order chi connectivity index (χ0) is 16.1. The van der Waals surface area contributed by atoms with Crippen molar-refractivity contribution in [2.24, 2.45) is 5.10 Å². The van der Waals surface area contributed by atoms with Gasteiger partial charge in [0, 0.05) is 5.02 Å². The first-order chi connectivity index (χ1) is 10.5. The molecule has 0 heterocycles. The lowest BCUT2D eigenvalue weighted by atomic mass is 10.2. The monoisotopic (exact) mass is 336 g/mol. The van der Waals surface area contributed by atoms with Crippen LogP contribution in [0.25, 0.3) is 0 Å². The fourth-order valence-corrected chi connectivity index (χ4v) is 2.20. The van der Waals surface area contributed by atoms with E-state index >= 15 is 0 Å². The minimum atomic E-state index is 0.0879. The maximum absolute atomic E-state index is 6.18. The zero-order valence-corrected chi connectivity index (χ0v) is 14.2. The molecule has 0 fully saturated rings. The van der Waals surface area contributed by atoms with Crippen LogP contribution in [0.15, 0.2) is 41.5 Å². The Hall–Kier alpha value is -1.71. The summed E-state index contributed by atoms with van der Waals surface area (Å²) in [6.07, 6.45) is 1.78. The molecule has 2 rings (SSSR count). The summed E-state index contributed by atoms with van der Waals surface area (Å²) in [6, 6.07) is 11.2. The maximum Gasteiger partial charge on any atom is 0.138 e. The van der Waals surface area contributed by atoms with Gasteiger partial charge in [0.25, 0.3) is 0 Å². The van der Waals surface area contributed by atoms with Gasteiger partial charge in [-0.05, 0) is 62.2 Å². The Morgan fingerprint density at radius 2 is 1.86 bits per heavy atom. The maximum atomic E-state index is 6.18. The van der Waals surface area contributed by atoms with E-state index in [1.807, 2.05) is 57.2 Å². The van der Waals surface area contributed by atoms with Gasteiger partial charge in [0.2, 0.25) is 0 Å². The van der Waals surface area contributed by atoms with Gasteiger partial charge in [-0.2, -0.15) is 5.10 Å². The van der Waals surface area contributed by atoms with Crippen molar-refractivity contribution in [2.45, 2.75) is 26.9 Å². The Morgan fingerprint density at radius 1 is 1.09 bits per heavy atom. The third kappa shape index (κ3) is 4.65. The molecule has 0 atom stereocenters. The van der Waals surface area contributed by atoms with Crippen LogP contribution in [0.2, 0.25) is 10.0 Å². The van der Waals surface area contributed by atoms with Crippen LogP contribution >= 0.6 is 23.2 Å². The van der Waals surface area contributed by atoms with E-state index in [1.165, 1.54) is 0 Å². The van der Waals surface area contributed by atoms with E-state index in [1.54, 1.807) is 6.21 Å². The summed E-state index contributed by atoms with van der Waals surface area (Å²) in [7, 11) is 0. The number of anilines is 1. The topological polar surface area (TPSA) is 33.6 Å². The van der Waals surface area contributed by atoms with E-state index in [0.29, 0.717) is 15.8 Å². The van der Waals surface area contributed by atoms with Crippen molar-refractivity contribution < 1.29 is 4.74 Å². The first-order valence-electron chi connectivity index (χ1n) is 6.97. The van der Waals surface area contributed by atoms with Crippen molar-refractivity contribution in [1.29, 1.82) is 0 Å². The second-order valence-electron chi connectivity index (χ2n) is 5.19. The van der Waals surface area contributed by atoms with E-state index in [-0.39, 0.29) is 6.10 Å². The Morgan fingerprint density at radius 3 is 2.50 bits per heavy atom. The Labute approximate surface area is 140 Å². The Bertz CT molecular complexity index is 684. The molecule has 0 aliphatic heterocycles. The summed E-state index contributed by atoms with van der Waals surface area (Å²) < 4.78 is 5.59. The minimum absolute atomic E-state index is 0.0879. The van der Waals surface area contributed by atoms with Crippen molar-refractivity contribution in [2.75, 3.05) is 5.43 Å². The molecule has 0 saturated heterocycles. The van der Waals surface area contributed by atoms with Crippen molar-refractivity contribution >= 4 is 35.1 Å². The van der Waals surface area contributed by atoms with Crippen molar-refractivity contribution in [1.82, 2.24) is 0 Å². The molecule has 0 aliphatic rings. The zero-order valence-electron chi connectivity index (χ0n) is 12.7. The molecule has 0 aliphatic carbocycles. The SMILES string of the molecule is Cc1ccc(N/N=C/c2ccc(OC(C)C)c(Cl)c2)cc1Cl. The molecule has 0 spiro atoms. The Balaban J connectivity index is 2.03. The van der Waals surface area contributed by atoms with Crippen LogP contribution in [-0.4, -0.2) is 12.3 Å². The fourth-order valence-electron chi connectivity index (χ4n) is 1.79. The van der Waals surface area contributed by atoms with Crippen LogP contribution in [0.1, 0.15) is 25.0 Å². The summed E-state index contributed by atoms with van der Waals surface area (Å²) >= 11 is 12.2. The number of nitrogens with one attached hydrogen (secondary N) is 1. The van der Waals surface area contributed by atoms with Crippen LogP contribution in [0, 0.1) is 6.92 Å². The van der Waals surface area contributed by atoms with E-state index in [2.05, 4.69) is 10.5 Å². The summed E-state index contributed by atoms with van der Waals surface area (Å²) in [4.78, 5) is 0. The number of hydrogen-bond acceptors (Lipinski definition) is 3. The quantitative estimate of drug-likeness (QED) is 0.574. The normalized spacial score (nSPS) is 11.2.